The van der Waals surface area contributed by atoms with Crippen molar-refractivity contribution in [1.29, 1.82) is 0 Å². The van der Waals surface area contributed by atoms with Gasteiger partial charge in [0.15, 0.2) is 0 Å². The maximum absolute atomic E-state index is 13.1. The molecule has 0 spiro atoms. The van der Waals surface area contributed by atoms with Crippen molar-refractivity contribution in [2.24, 2.45) is 0 Å². The highest BCUT2D eigenvalue weighted by Crippen LogP contribution is 2.23. The summed E-state index contributed by atoms with van der Waals surface area (Å²) in [5.41, 5.74) is 6.42. The number of anilines is 1. The molecule has 0 saturated heterocycles. The summed E-state index contributed by atoms with van der Waals surface area (Å²) in [6, 6.07) is 22.5. The van der Waals surface area contributed by atoms with Gasteiger partial charge in [-0.2, -0.15) is 0 Å². The van der Waals surface area contributed by atoms with Crippen molar-refractivity contribution in [1.82, 2.24) is 14.9 Å². The van der Waals surface area contributed by atoms with Crippen molar-refractivity contribution in [2.45, 2.75) is 27.3 Å². The van der Waals surface area contributed by atoms with E-state index in [1.54, 1.807) is 30.5 Å². The third kappa shape index (κ3) is 5.01. The molecule has 0 unspecified atom stereocenters. The number of hydrogen-bond donors (Lipinski definition) is 2. The second-order valence-electron chi connectivity index (χ2n) is 8.00. The molecule has 2 aromatic heterocycles. The fraction of sp³-hybridized carbons (Fsp3) is 0.148. The number of pyridine rings is 1. The van der Waals surface area contributed by atoms with Gasteiger partial charge in [0.05, 0.1) is 17.8 Å². The van der Waals surface area contributed by atoms with Crippen molar-refractivity contribution in [3.63, 3.8) is 0 Å². The van der Waals surface area contributed by atoms with Crippen LogP contribution in [0.2, 0.25) is 0 Å². The molecule has 2 amide bonds. The van der Waals surface area contributed by atoms with Crippen LogP contribution in [0.5, 0.6) is 0 Å². The Balaban J connectivity index is 1.49. The number of carbonyl (C=O) groups excluding carboxylic acids is 2. The molecule has 0 fully saturated rings. The lowest BCUT2D eigenvalue weighted by Gasteiger charge is -2.11. The molecule has 2 aromatic carbocycles. The van der Waals surface area contributed by atoms with Crippen LogP contribution in [-0.4, -0.2) is 21.4 Å². The molecule has 166 valence electrons. The third-order valence-corrected chi connectivity index (χ3v) is 5.47. The van der Waals surface area contributed by atoms with Gasteiger partial charge in [-0.3, -0.25) is 14.6 Å². The van der Waals surface area contributed by atoms with Crippen LogP contribution in [0.4, 0.5) is 5.69 Å². The molecule has 6 heteroatoms. The van der Waals surface area contributed by atoms with Crippen molar-refractivity contribution in [3.8, 4) is 5.69 Å². The van der Waals surface area contributed by atoms with Crippen LogP contribution in [0.25, 0.3) is 5.69 Å². The first-order valence-electron chi connectivity index (χ1n) is 10.8. The van der Waals surface area contributed by atoms with Gasteiger partial charge >= 0.3 is 0 Å². The average Bonchev–Trinajstić information content (AvgIpc) is 3.12. The van der Waals surface area contributed by atoms with Gasteiger partial charge in [-0.1, -0.05) is 24.3 Å². The van der Waals surface area contributed by atoms with Gasteiger partial charge in [-0.15, -0.1) is 0 Å². The number of aryl methyl sites for hydroxylation is 2. The van der Waals surface area contributed by atoms with E-state index in [1.165, 1.54) is 0 Å². The first-order chi connectivity index (χ1) is 15.9. The monoisotopic (exact) mass is 438 g/mol. The van der Waals surface area contributed by atoms with Crippen LogP contribution >= 0.6 is 0 Å². The molecule has 0 aliphatic rings. The lowest BCUT2D eigenvalue weighted by atomic mass is 10.1. The largest absolute Gasteiger partial charge is 0.346 e. The second-order valence-corrected chi connectivity index (χ2v) is 8.00. The standard InChI is InChI=1S/C27H26N4O2/c1-18-8-6-12-24(14-18)31-19(2)15-25(20(31)3)27(33)30-22-11-7-9-21(16-22)26(32)29-17-23-10-4-5-13-28-23/h4-16H,17H2,1-3H3,(H,29,32)(H,30,33). The molecule has 0 saturated carbocycles. The highest BCUT2D eigenvalue weighted by atomic mass is 16.2. The maximum Gasteiger partial charge on any atom is 0.257 e. The molecule has 4 aromatic rings. The number of carbonyl (C=O) groups is 2. The van der Waals surface area contributed by atoms with E-state index >= 15 is 0 Å². The average molecular weight is 439 g/mol. The van der Waals surface area contributed by atoms with Crippen LogP contribution in [0.1, 0.15) is 43.4 Å². The topological polar surface area (TPSA) is 76.0 Å². The van der Waals surface area contributed by atoms with E-state index in [1.807, 2.05) is 63.2 Å². The van der Waals surface area contributed by atoms with Gasteiger partial charge < -0.3 is 15.2 Å². The second kappa shape index (κ2) is 9.53. The van der Waals surface area contributed by atoms with E-state index in [-0.39, 0.29) is 11.8 Å². The summed E-state index contributed by atoms with van der Waals surface area (Å²) in [4.78, 5) is 29.8. The minimum atomic E-state index is -0.227. The number of amides is 2. The minimum Gasteiger partial charge on any atom is -0.346 e. The quantitative estimate of drug-likeness (QED) is 0.446. The highest BCUT2D eigenvalue weighted by Gasteiger charge is 2.17. The van der Waals surface area contributed by atoms with E-state index in [0.717, 1.165) is 28.3 Å². The number of nitrogens with zero attached hydrogens (tertiary/aromatic N) is 2. The molecule has 0 radical (unpaired) electrons. The summed E-state index contributed by atoms with van der Waals surface area (Å²) in [6.45, 7) is 6.30. The first kappa shape index (κ1) is 22.0. The molecule has 0 atom stereocenters. The molecule has 0 aliphatic heterocycles. The Bertz CT molecular complexity index is 1310. The summed E-state index contributed by atoms with van der Waals surface area (Å²) in [5, 5.41) is 5.78. The van der Waals surface area contributed by atoms with Gasteiger partial charge in [-0.25, -0.2) is 0 Å². The third-order valence-electron chi connectivity index (χ3n) is 5.47. The van der Waals surface area contributed by atoms with Gasteiger partial charge in [0, 0.05) is 34.5 Å². The van der Waals surface area contributed by atoms with E-state index in [0.29, 0.717) is 23.4 Å². The molecule has 0 bridgehead atoms. The lowest BCUT2D eigenvalue weighted by Crippen LogP contribution is -2.23. The van der Waals surface area contributed by atoms with E-state index in [9.17, 15) is 9.59 Å². The predicted octanol–water partition coefficient (Wildman–Crippen LogP) is 4.98. The summed E-state index contributed by atoms with van der Waals surface area (Å²) in [6.07, 6.45) is 1.69. The Kier molecular flexibility index (Phi) is 6.36. The van der Waals surface area contributed by atoms with E-state index in [2.05, 4.69) is 26.3 Å². The highest BCUT2D eigenvalue weighted by molar-refractivity contribution is 6.06. The van der Waals surface area contributed by atoms with Crippen molar-refractivity contribution < 1.29 is 9.59 Å². The van der Waals surface area contributed by atoms with E-state index in [4.69, 9.17) is 0 Å². The Morgan fingerprint density at radius 2 is 1.70 bits per heavy atom. The fourth-order valence-electron chi connectivity index (χ4n) is 3.87. The van der Waals surface area contributed by atoms with Crippen molar-refractivity contribution in [3.05, 3.63) is 113 Å². The minimum absolute atomic E-state index is 0.215. The smallest absolute Gasteiger partial charge is 0.257 e. The first-order valence-corrected chi connectivity index (χ1v) is 10.8. The summed E-state index contributed by atoms with van der Waals surface area (Å²) < 4.78 is 2.07. The number of aromatic nitrogens is 2. The zero-order valence-corrected chi connectivity index (χ0v) is 18.9. The molecule has 2 N–H and O–H groups in total. The van der Waals surface area contributed by atoms with E-state index < -0.39 is 0 Å². The van der Waals surface area contributed by atoms with Gasteiger partial charge in [0.2, 0.25) is 0 Å². The van der Waals surface area contributed by atoms with Crippen LogP contribution in [0.3, 0.4) is 0 Å². The van der Waals surface area contributed by atoms with Crippen LogP contribution in [0.15, 0.2) is 79.0 Å². The predicted molar refractivity (Wildman–Crippen MR) is 130 cm³/mol. The Hall–Kier alpha value is -4.19. The number of rotatable bonds is 6. The van der Waals surface area contributed by atoms with Crippen molar-refractivity contribution >= 4 is 17.5 Å². The van der Waals surface area contributed by atoms with Crippen LogP contribution in [-0.2, 0) is 6.54 Å². The van der Waals surface area contributed by atoms with Crippen LogP contribution < -0.4 is 10.6 Å². The summed E-state index contributed by atoms with van der Waals surface area (Å²) >= 11 is 0. The maximum atomic E-state index is 13.1. The molecule has 2 heterocycles. The van der Waals surface area contributed by atoms with Gasteiger partial charge in [-0.05, 0) is 74.9 Å². The van der Waals surface area contributed by atoms with Gasteiger partial charge in [0.25, 0.3) is 11.8 Å². The summed E-state index contributed by atoms with van der Waals surface area (Å²) in [5.74, 6) is -0.442. The van der Waals surface area contributed by atoms with Crippen molar-refractivity contribution in [2.75, 3.05) is 5.32 Å². The molecular formula is C27H26N4O2. The Morgan fingerprint density at radius 3 is 2.45 bits per heavy atom. The summed E-state index contributed by atoms with van der Waals surface area (Å²) in [7, 11) is 0. The number of benzene rings is 2. The number of nitrogens with one attached hydrogen (secondary N) is 2. The van der Waals surface area contributed by atoms with Gasteiger partial charge in [0.1, 0.15) is 0 Å². The zero-order chi connectivity index (χ0) is 23.4. The SMILES string of the molecule is Cc1cccc(-n2c(C)cc(C(=O)Nc3cccc(C(=O)NCc4ccccn4)c3)c2C)c1. The normalized spacial score (nSPS) is 10.6. The Morgan fingerprint density at radius 1 is 0.879 bits per heavy atom. The Labute approximate surface area is 193 Å². The van der Waals surface area contributed by atoms with Crippen LogP contribution in [0, 0.1) is 20.8 Å². The molecule has 4 rings (SSSR count). The zero-order valence-electron chi connectivity index (χ0n) is 18.9. The number of hydrogen-bond acceptors (Lipinski definition) is 3. The molecule has 33 heavy (non-hydrogen) atoms. The molecule has 0 aliphatic carbocycles. The fourth-order valence-corrected chi connectivity index (χ4v) is 3.87. The lowest BCUT2D eigenvalue weighted by molar-refractivity contribution is 0.0949. The molecular weight excluding hydrogens is 412 g/mol. The molecule has 6 nitrogen and oxygen atoms in total.